The lowest BCUT2D eigenvalue weighted by molar-refractivity contribution is 0.341. The molecule has 0 saturated carbocycles. The number of rotatable bonds is 3. The van der Waals surface area contributed by atoms with Gasteiger partial charge in [-0.05, 0) is 38.0 Å². The third-order valence-electron chi connectivity index (χ3n) is 4.77. The maximum absolute atomic E-state index is 5.48. The summed E-state index contributed by atoms with van der Waals surface area (Å²) in [5.74, 6) is 3.21. The Bertz CT molecular complexity index is 930. The van der Waals surface area contributed by atoms with Crippen LogP contribution in [0.25, 0.3) is 22.8 Å². The van der Waals surface area contributed by atoms with Crippen molar-refractivity contribution in [3.8, 4) is 34.3 Å². The third-order valence-corrected chi connectivity index (χ3v) is 4.77. The van der Waals surface area contributed by atoms with E-state index in [-0.39, 0.29) is 5.54 Å². The van der Waals surface area contributed by atoms with Gasteiger partial charge in [0.25, 0.3) is 0 Å². The minimum atomic E-state index is -0.142. The van der Waals surface area contributed by atoms with E-state index in [1.165, 1.54) is 5.56 Å². The van der Waals surface area contributed by atoms with Crippen LogP contribution >= 0.6 is 0 Å². The van der Waals surface area contributed by atoms with Crippen molar-refractivity contribution in [2.24, 2.45) is 0 Å². The molecule has 1 aromatic heterocycles. The van der Waals surface area contributed by atoms with E-state index in [2.05, 4.69) is 46.8 Å². The van der Waals surface area contributed by atoms with Crippen LogP contribution in [0.2, 0.25) is 0 Å². The van der Waals surface area contributed by atoms with Crippen LogP contribution in [-0.2, 0) is 12.0 Å². The van der Waals surface area contributed by atoms with Crippen molar-refractivity contribution in [3.63, 3.8) is 0 Å². The monoisotopic (exact) mass is 335 g/mol. The van der Waals surface area contributed by atoms with Crippen LogP contribution in [0.3, 0.4) is 0 Å². The van der Waals surface area contributed by atoms with Crippen LogP contribution in [0.5, 0.6) is 11.5 Å². The first-order valence-corrected chi connectivity index (χ1v) is 8.32. The predicted molar refractivity (Wildman–Crippen MR) is 97.0 cm³/mol. The number of hydrogen-bond acceptors (Lipinski definition) is 4. The second-order valence-electron chi connectivity index (χ2n) is 6.90. The minimum absolute atomic E-state index is 0.142. The highest BCUT2D eigenvalue weighted by molar-refractivity contribution is 5.71. The van der Waals surface area contributed by atoms with Crippen LogP contribution in [0.4, 0.5) is 0 Å². The molecule has 2 heterocycles. The average Bonchev–Trinajstić information content (AvgIpc) is 3.08. The standard InChI is InChI=1S/C20H21N3O2/c1-20(2)12-14-10-16(24-3)17(25-4)11-15(14)19-22-21-18(23(19)20)13-8-6-5-7-9-13/h5-11H,12H2,1-4H3. The van der Waals surface area contributed by atoms with Gasteiger partial charge in [0.1, 0.15) is 0 Å². The summed E-state index contributed by atoms with van der Waals surface area (Å²) in [6.45, 7) is 4.43. The van der Waals surface area contributed by atoms with Gasteiger partial charge in [-0.15, -0.1) is 10.2 Å². The zero-order valence-corrected chi connectivity index (χ0v) is 14.9. The van der Waals surface area contributed by atoms with E-state index < -0.39 is 0 Å². The first-order valence-electron chi connectivity index (χ1n) is 8.32. The highest BCUT2D eigenvalue weighted by Gasteiger charge is 2.35. The summed E-state index contributed by atoms with van der Waals surface area (Å²) in [7, 11) is 3.31. The van der Waals surface area contributed by atoms with Crippen molar-refractivity contribution in [1.82, 2.24) is 14.8 Å². The minimum Gasteiger partial charge on any atom is -0.493 e. The molecule has 2 aromatic carbocycles. The number of aromatic nitrogens is 3. The van der Waals surface area contributed by atoms with Crippen molar-refractivity contribution in [2.45, 2.75) is 25.8 Å². The van der Waals surface area contributed by atoms with E-state index in [0.717, 1.165) is 34.9 Å². The third kappa shape index (κ3) is 2.38. The lowest BCUT2D eigenvalue weighted by Crippen LogP contribution is -2.33. The fourth-order valence-corrected chi connectivity index (χ4v) is 3.63. The lowest BCUT2D eigenvalue weighted by Gasteiger charge is -2.35. The smallest absolute Gasteiger partial charge is 0.165 e. The number of methoxy groups -OCH3 is 2. The molecule has 1 aliphatic rings. The summed E-state index contributed by atoms with van der Waals surface area (Å²) >= 11 is 0. The molecular formula is C20H21N3O2. The summed E-state index contributed by atoms with van der Waals surface area (Å²) in [4.78, 5) is 0. The van der Waals surface area contributed by atoms with Gasteiger partial charge in [0.05, 0.1) is 14.2 Å². The van der Waals surface area contributed by atoms with E-state index in [0.29, 0.717) is 5.75 Å². The molecule has 0 bridgehead atoms. The zero-order valence-electron chi connectivity index (χ0n) is 14.9. The molecule has 0 fully saturated rings. The van der Waals surface area contributed by atoms with Crippen LogP contribution in [0.1, 0.15) is 19.4 Å². The van der Waals surface area contributed by atoms with Gasteiger partial charge in [-0.3, -0.25) is 0 Å². The highest BCUT2D eigenvalue weighted by atomic mass is 16.5. The largest absolute Gasteiger partial charge is 0.493 e. The number of ether oxygens (including phenoxy) is 2. The van der Waals surface area contributed by atoms with E-state index in [4.69, 9.17) is 9.47 Å². The van der Waals surface area contributed by atoms with E-state index in [9.17, 15) is 0 Å². The second-order valence-corrected chi connectivity index (χ2v) is 6.90. The Morgan fingerprint density at radius 1 is 0.920 bits per heavy atom. The van der Waals surface area contributed by atoms with Gasteiger partial charge in [-0.25, -0.2) is 0 Å². The molecule has 128 valence electrons. The molecule has 3 aromatic rings. The summed E-state index contributed by atoms with van der Waals surface area (Å²) in [6.07, 6.45) is 0.869. The van der Waals surface area contributed by atoms with Crippen molar-refractivity contribution in [3.05, 3.63) is 48.0 Å². The van der Waals surface area contributed by atoms with E-state index in [1.54, 1.807) is 14.2 Å². The molecule has 4 rings (SSSR count). The predicted octanol–water partition coefficient (Wildman–Crippen LogP) is 3.92. The van der Waals surface area contributed by atoms with E-state index >= 15 is 0 Å². The fourth-order valence-electron chi connectivity index (χ4n) is 3.63. The SMILES string of the molecule is COc1cc2c(cc1OC)-c1nnc(-c3ccccc3)n1C(C)(C)C2. The quantitative estimate of drug-likeness (QED) is 0.728. The molecule has 0 radical (unpaired) electrons. The molecule has 5 heteroatoms. The Morgan fingerprint density at radius 3 is 2.24 bits per heavy atom. The Labute approximate surface area is 147 Å². The van der Waals surface area contributed by atoms with Gasteiger partial charge in [0.15, 0.2) is 23.1 Å². The van der Waals surface area contributed by atoms with Gasteiger partial charge in [0, 0.05) is 16.7 Å². The summed E-state index contributed by atoms with van der Waals surface area (Å²) in [6, 6.07) is 14.2. The Hall–Kier alpha value is -2.82. The molecule has 0 N–H and O–H groups in total. The van der Waals surface area contributed by atoms with Crippen molar-refractivity contribution >= 4 is 0 Å². The molecule has 0 atom stereocenters. The molecule has 0 spiro atoms. The average molecular weight is 335 g/mol. The van der Waals surface area contributed by atoms with Gasteiger partial charge in [0.2, 0.25) is 0 Å². The number of nitrogens with zero attached hydrogens (tertiary/aromatic N) is 3. The normalized spacial score (nSPS) is 14.6. The Balaban J connectivity index is 1.96. The number of benzene rings is 2. The van der Waals surface area contributed by atoms with Gasteiger partial charge in [-0.2, -0.15) is 0 Å². The molecule has 25 heavy (non-hydrogen) atoms. The first kappa shape index (κ1) is 15.7. The zero-order chi connectivity index (χ0) is 17.6. The maximum atomic E-state index is 5.48. The van der Waals surface area contributed by atoms with Gasteiger partial charge in [-0.1, -0.05) is 30.3 Å². The number of fused-ring (bicyclic) bond motifs is 3. The first-order chi connectivity index (χ1) is 12.0. The van der Waals surface area contributed by atoms with Crippen LogP contribution in [0.15, 0.2) is 42.5 Å². The summed E-state index contributed by atoms with van der Waals surface area (Å²) in [5, 5.41) is 9.02. The fraction of sp³-hybridized carbons (Fsp3) is 0.300. The Kier molecular flexibility index (Phi) is 3.53. The van der Waals surface area contributed by atoms with Crippen molar-refractivity contribution < 1.29 is 9.47 Å². The van der Waals surface area contributed by atoms with Crippen LogP contribution in [0, 0.1) is 0 Å². The molecular weight excluding hydrogens is 314 g/mol. The second kappa shape index (κ2) is 5.62. The molecule has 0 unspecified atom stereocenters. The lowest BCUT2D eigenvalue weighted by atomic mass is 9.86. The van der Waals surface area contributed by atoms with Crippen LogP contribution in [-0.4, -0.2) is 29.0 Å². The van der Waals surface area contributed by atoms with Gasteiger partial charge < -0.3 is 14.0 Å². The summed E-state index contributed by atoms with van der Waals surface area (Å²) < 4.78 is 13.2. The van der Waals surface area contributed by atoms with Crippen LogP contribution < -0.4 is 9.47 Å². The Morgan fingerprint density at radius 2 is 1.56 bits per heavy atom. The highest BCUT2D eigenvalue weighted by Crippen LogP contribution is 2.44. The van der Waals surface area contributed by atoms with Crippen molar-refractivity contribution in [1.29, 1.82) is 0 Å². The van der Waals surface area contributed by atoms with Gasteiger partial charge >= 0.3 is 0 Å². The molecule has 0 amide bonds. The topological polar surface area (TPSA) is 49.2 Å². The van der Waals surface area contributed by atoms with Crippen molar-refractivity contribution in [2.75, 3.05) is 14.2 Å². The molecule has 0 saturated heterocycles. The maximum Gasteiger partial charge on any atom is 0.165 e. The molecule has 1 aliphatic heterocycles. The van der Waals surface area contributed by atoms with E-state index in [1.807, 2.05) is 24.3 Å². The number of hydrogen-bond donors (Lipinski definition) is 0. The molecule has 0 aliphatic carbocycles. The summed E-state index contributed by atoms with van der Waals surface area (Å²) in [5.41, 5.74) is 3.17. The molecule has 5 nitrogen and oxygen atoms in total.